The minimum Gasteiger partial charge on any atom is -0.309 e. The van der Waals surface area contributed by atoms with Crippen molar-refractivity contribution in [3.63, 3.8) is 0 Å². The molecule has 1 aromatic carbocycles. The van der Waals surface area contributed by atoms with Gasteiger partial charge in [-0.05, 0) is 32.6 Å². The zero-order valence-corrected chi connectivity index (χ0v) is 8.96. The molecule has 0 fully saturated rings. The molecule has 0 N–H and O–H groups in total. The van der Waals surface area contributed by atoms with E-state index in [0.29, 0.717) is 0 Å². The van der Waals surface area contributed by atoms with Gasteiger partial charge >= 0.3 is 0 Å². The van der Waals surface area contributed by atoms with Gasteiger partial charge in [0.25, 0.3) is 0 Å². The summed E-state index contributed by atoms with van der Waals surface area (Å²) >= 11 is 6.22. The van der Waals surface area contributed by atoms with Crippen molar-refractivity contribution >= 4 is 11.6 Å². The smallest absolute Gasteiger partial charge is 0.0597 e. The van der Waals surface area contributed by atoms with Crippen LogP contribution in [0.3, 0.4) is 0 Å². The molecule has 1 atom stereocenters. The highest BCUT2D eigenvalue weighted by Crippen LogP contribution is 2.23. The van der Waals surface area contributed by atoms with Crippen LogP contribution in [0.5, 0.6) is 0 Å². The summed E-state index contributed by atoms with van der Waals surface area (Å²) in [5, 5.41) is 0.142. The maximum absolute atomic E-state index is 6.22. The number of rotatable bonds is 4. The summed E-state index contributed by atoms with van der Waals surface area (Å²) in [6, 6.07) is 10.2. The number of alkyl halides is 1. The Hall–Kier alpha value is -0.530. The zero-order valence-electron chi connectivity index (χ0n) is 8.20. The Labute approximate surface area is 85.3 Å². The summed E-state index contributed by atoms with van der Waals surface area (Å²) < 4.78 is 0. The van der Waals surface area contributed by atoms with Crippen LogP contribution in [0.2, 0.25) is 0 Å². The number of hydrogen-bond acceptors (Lipinski definition) is 1. The van der Waals surface area contributed by atoms with E-state index in [-0.39, 0.29) is 5.38 Å². The largest absolute Gasteiger partial charge is 0.309 e. The van der Waals surface area contributed by atoms with Gasteiger partial charge in [-0.1, -0.05) is 30.3 Å². The minimum atomic E-state index is 0.142. The second-order valence-electron chi connectivity index (χ2n) is 3.47. The Bertz CT molecular complexity index is 233. The van der Waals surface area contributed by atoms with Crippen molar-refractivity contribution in [2.75, 3.05) is 20.6 Å². The second kappa shape index (κ2) is 5.25. The molecule has 1 aromatic rings. The molecule has 1 nitrogen and oxygen atoms in total. The molecule has 2 heteroatoms. The molecular weight excluding hydrogens is 182 g/mol. The average Bonchev–Trinajstić information content (AvgIpc) is 2.15. The molecule has 0 saturated carbocycles. The Morgan fingerprint density at radius 3 is 2.38 bits per heavy atom. The second-order valence-corrected chi connectivity index (χ2v) is 4.00. The lowest BCUT2D eigenvalue weighted by Gasteiger charge is -2.13. The van der Waals surface area contributed by atoms with Crippen molar-refractivity contribution in [1.82, 2.24) is 4.90 Å². The van der Waals surface area contributed by atoms with Gasteiger partial charge < -0.3 is 4.90 Å². The third-order valence-corrected chi connectivity index (χ3v) is 2.46. The van der Waals surface area contributed by atoms with Gasteiger partial charge in [0.2, 0.25) is 0 Å². The van der Waals surface area contributed by atoms with Crippen molar-refractivity contribution in [2.45, 2.75) is 11.8 Å². The van der Waals surface area contributed by atoms with Gasteiger partial charge in [-0.15, -0.1) is 11.6 Å². The first-order valence-corrected chi connectivity index (χ1v) is 4.97. The van der Waals surface area contributed by atoms with E-state index >= 15 is 0 Å². The fraction of sp³-hybridized carbons (Fsp3) is 0.455. The Kier molecular flexibility index (Phi) is 4.26. The Balaban J connectivity index is 2.44. The van der Waals surface area contributed by atoms with E-state index in [1.54, 1.807) is 0 Å². The quantitative estimate of drug-likeness (QED) is 0.671. The molecule has 0 spiro atoms. The van der Waals surface area contributed by atoms with Crippen molar-refractivity contribution in [3.05, 3.63) is 35.9 Å². The summed E-state index contributed by atoms with van der Waals surface area (Å²) in [6.07, 6.45) is 0.999. The third-order valence-electron chi connectivity index (χ3n) is 1.99. The van der Waals surface area contributed by atoms with Crippen LogP contribution >= 0.6 is 11.6 Å². The van der Waals surface area contributed by atoms with Gasteiger partial charge in [0.15, 0.2) is 0 Å². The van der Waals surface area contributed by atoms with E-state index in [4.69, 9.17) is 11.6 Å². The van der Waals surface area contributed by atoms with Crippen LogP contribution in [0.25, 0.3) is 0 Å². The SMILES string of the molecule is CN(C)CCC(Cl)c1ccccc1. The molecule has 72 valence electrons. The number of halogens is 1. The van der Waals surface area contributed by atoms with Crippen LogP contribution in [-0.2, 0) is 0 Å². The zero-order chi connectivity index (χ0) is 9.68. The summed E-state index contributed by atoms with van der Waals surface area (Å²) in [6.45, 7) is 1.03. The van der Waals surface area contributed by atoms with Gasteiger partial charge in [0.1, 0.15) is 0 Å². The number of benzene rings is 1. The molecule has 0 saturated heterocycles. The van der Waals surface area contributed by atoms with Crippen LogP contribution < -0.4 is 0 Å². The fourth-order valence-corrected chi connectivity index (χ4v) is 1.44. The average molecular weight is 198 g/mol. The summed E-state index contributed by atoms with van der Waals surface area (Å²) in [5.74, 6) is 0. The molecule has 1 rings (SSSR count). The third kappa shape index (κ3) is 3.79. The lowest BCUT2D eigenvalue weighted by molar-refractivity contribution is 0.398. The lowest BCUT2D eigenvalue weighted by Crippen LogP contribution is -2.14. The van der Waals surface area contributed by atoms with Crippen molar-refractivity contribution in [3.8, 4) is 0 Å². The highest BCUT2D eigenvalue weighted by atomic mass is 35.5. The van der Waals surface area contributed by atoms with Crippen molar-refractivity contribution < 1.29 is 0 Å². The molecular formula is C11H16ClN. The highest BCUT2D eigenvalue weighted by Gasteiger charge is 2.06. The van der Waals surface area contributed by atoms with E-state index in [0.717, 1.165) is 13.0 Å². The van der Waals surface area contributed by atoms with Gasteiger partial charge in [-0.2, -0.15) is 0 Å². The summed E-state index contributed by atoms with van der Waals surface area (Å²) in [4.78, 5) is 2.15. The van der Waals surface area contributed by atoms with Crippen LogP contribution in [0, 0.1) is 0 Å². The van der Waals surface area contributed by atoms with E-state index in [1.165, 1.54) is 5.56 Å². The molecule has 0 radical (unpaired) electrons. The van der Waals surface area contributed by atoms with Crippen LogP contribution in [0.1, 0.15) is 17.4 Å². The van der Waals surface area contributed by atoms with Crippen LogP contribution in [0.15, 0.2) is 30.3 Å². The van der Waals surface area contributed by atoms with E-state index < -0.39 is 0 Å². The predicted molar refractivity (Wildman–Crippen MR) is 58.2 cm³/mol. The molecule has 0 amide bonds. The Morgan fingerprint density at radius 1 is 1.23 bits per heavy atom. The first-order chi connectivity index (χ1) is 6.20. The van der Waals surface area contributed by atoms with Gasteiger partial charge in [-0.25, -0.2) is 0 Å². The van der Waals surface area contributed by atoms with Gasteiger partial charge in [0.05, 0.1) is 5.38 Å². The van der Waals surface area contributed by atoms with E-state index in [9.17, 15) is 0 Å². The molecule has 13 heavy (non-hydrogen) atoms. The maximum atomic E-state index is 6.22. The summed E-state index contributed by atoms with van der Waals surface area (Å²) in [7, 11) is 4.13. The maximum Gasteiger partial charge on any atom is 0.0597 e. The number of hydrogen-bond donors (Lipinski definition) is 0. The van der Waals surface area contributed by atoms with E-state index in [1.807, 2.05) is 18.2 Å². The van der Waals surface area contributed by atoms with Gasteiger partial charge in [0, 0.05) is 0 Å². The molecule has 0 aliphatic rings. The standard InChI is InChI=1S/C11H16ClN/c1-13(2)9-8-11(12)10-6-4-3-5-7-10/h3-7,11H,8-9H2,1-2H3. The van der Waals surface area contributed by atoms with E-state index in [2.05, 4.69) is 31.1 Å². The van der Waals surface area contributed by atoms with Crippen LogP contribution in [0.4, 0.5) is 0 Å². The highest BCUT2D eigenvalue weighted by molar-refractivity contribution is 6.20. The number of nitrogens with zero attached hydrogens (tertiary/aromatic N) is 1. The van der Waals surface area contributed by atoms with Crippen molar-refractivity contribution in [2.24, 2.45) is 0 Å². The molecule has 1 unspecified atom stereocenters. The summed E-state index contributed by atoms with van der Waals surface area (Å²) in [5.41, 5.74) is 1.21. The molecule has 0 heterocycles. The topological polar surface area (TPSA) is 3.24 Å². The monoisotopic (exact) mass is 197 g/mol. The first kappa shape index (κ1) is 10.6. The Morgan fingerprint density at radius 2 is 1.85 bits per heavy atom. The molecule has 0 aliphatic heterocycles. The van der Waals surface area contributed by atoms with Gasteiger partial charge in [-0.3, -0.25) is 0 Å². The minimum absolute atomic E-state index is 0.142. The first-order valence-electron chi connectivity index (χ1n) is 4.54. The normalized spacial score (nSPS) is 13.2. The molecule has 0 bridgehead atoms. The fourth-order valence-electron chi connectivity index (χ4n) is 1.20. The predicted octanol–water partition coefficient (Wildman–Crippen LogP) is 2.92. The van der Waals surface area contributed by atoms with Crippen molar-refractivity contribution in [1.29, 1.82) is 0 Å². The van der Waals surface area contributed by atoms with Crippen LogP contribution in [-0.4, -0.2) is 25.5 Å². The molecule has 0 aliphatic carbocycles. The molecule has 0 aromatic heterocycles. The lowest BCUT2D eigenvalue weighted by atomic mass is 10.1.